The third-order valence-corrected chi connectivity index (χ3v) is 14.2. The number of carboxylic acids is 1. The number of guanidine groups is 1. The summed E-state index contributed by atoms with van der Waals surface area (Å²) in [6.45, 7) is 14.5. The zero-order chi connectivity index (χ0) is 69.2. The number of imidazole rings is 1. The number of aliphatic hydroxyl groups is 1. The number of nitrogens with one attached hydrogen (secondary N) is 11. The molecular formula is C57H101N19O15. The smallest absolute Gasteiger partial charge is 0.303 e. The molecule has 0 aromatic carbocycles. The molecule has 34 heteroatoms. The molecule has 0 aliphatic rings. The fourth-order valence-corrected chi connectivity index (χ4v) is 9.05. The van der Waals surface area contributed by atoms with E-state index in [0.717, 1.165) is 0 Å². The summed E-state index contributed by atoms with van der Waals surface area (Å²) < 4.78 is 0. The van der Waals surface area contributed by atoms with Gasteiger partial charge in [0, 0.05) is 31.3 Å². The Labute approximate surface area is 530 Å². The number of H-pyrrole nitrogens is 1. The maximum atomic E-state index is 14.5. The van der Waals surface area contributed by atoms with Crippen LogP contribution in [0.3, 0.4) is 0 Å². The molecule has 1 aromatic rings. The fraction of sp³-hybridized carbons (Fsp3) is 0.702. The lowest BCUT2D eigenvalue weighted by molar-refractivity contribution is -0.139. The van der Waals surface area contributed by atoms with Crippen LogP contribution in [0.15, 0.2) is 17.5 Å². The number of aliphatic hydroxyl groups excluding tert-OH is 1. The lowest BCUT2D eigenvalue weighted by Gasteiger charge is -2.30. The third kappa shape index (κ3) is 31.7. The van der Waals surface area contributed by atoms with Crippen molar-refractivity contribution in [3.05, 3.63) is 18.2 Å². The number of carbonyl (C=O) groups excluding carboxylic acids is 12. The molecule has 1 heterocycles. The van der Waals surface area contributed by atoms with Crippen LogP contribution in [0.25, 0.3) is 0 Å². The van der Waals surface area contributed by atoms with Crippen molar-refractivity contribution in [2.75, 3.05) is 19.7 Å². The first-order valence-corrected chi connectivity index (χ1v) is 30.6. The lowest BCUT2D eigenvalue weighted by atomic mass is 9.96. The first-order chi connectivity index (χ1) is 42.6. The minimum atomic E-state index is -1.85. The average Bonchev–Trinajstić information content (AvgIpc) is 1.37. The van der Waals surface area contributed by atoms with Gasteiger partial charge in [-0.1, -0.05) is 61.8 Å². The van der Waals surface area contributed by atoms with Crippen LogP contribution in [0.4, 0.5) is 0 Å². The van der Waals surface area contributed by atoms with Crippen molar-refractivity contribution in [1.29, 1.82) is 0 Å². The Morgan fingerprint density at radius 3 is 1.38 bits per heavy atom. The van der Waals surface area contributed by atoms with E-state index >= 15 is 0 Å². The second-order valence-corrected chi connectivity index (χ2v) is 23.8. The normalized spacial score (nSPS) is 15.2. The van der Waals surface area contributed by atoms with Crippen LogP contribution in [-0.4, -0.2) is 189 Å². The Hall–Kier alpha value is -8.53. The molecular weight excluding hydrogens is 1190 g/mol. The molecule has 0 aliphatic heterocycles. The maximum Gasteiger partial charge on any atom is 0.303 e. The van der Waals surface area contributed by atoms with Gasteiger partial charge in [0.1, 0.15) is 60.4 Å². The highest BCUT2D eigenvalue weighted by molar-refractivity contribution is 6.00. The Bertz CT molecular complexity index is 2600. The number of aliphatic carboxylic acids is 1. The van der Waals surface area contributed by atoms with E-state index in [4.69, 9.17) is 34.4 Å². The van der Waals surface area contributed by atoms with E-state index in [-0.39, 0.29) is 88.2 Å². The number of amides is 12. The van der Waals surface area contributed by atoms with Crippen molar-refractivity contribution in [2.24, 2.45) is 63.1 Å². The van der Waals surface area contributed by atoms with Crippen LogP contribution in [0.5, 0.6) is 0 Å². The molecule has 0 radical (unpaired) electrons. The molecule has 0 bridgehead atoms. The number of unbranched alkanes of at least 4 members (excludes halogenated alkanes) is 1. The number of primary amides is 2. The maximum absolute atomic E-state index is 14.5. The summed E-state index contributed by atoms with van der Waals surface area (Å²) in [4.78, 5) is 186. The predicted octanol–water partition coefficient (Wildman–Crippen LogP) is -5.27. The van der Waals surface area contributed by atoms with Gasteiger partial charge in [0.15, 0.2) is 5.96 Å². The van der Waals surface area contributed by atoms with Gasteiger partial charge >= 0.3 is 5.97 Å². The number of nitrogens with two attached hydrogens (primary N) is 6. The molecule has 0 aliphatic carbocycles. The number of hydrogen-bond acceptors (Lipinski definition) is 18. The number of carboxylic acid groups (broad SMARTS) is 1. The third-order valence-electron chi connectivity index (χ3n) is 14.2. The van der Waals surface area contributed by atoms with Crippen LogP contribution in [0.2, 0.25) is 0 Å². The molecule has 0 fully saturated rings. The van der Waals surface area contributed by atoms with E-state index in [2.05, 4.69) is 68.1 Å². The van der Waals surface area contributed by atoms with Crippen molar-refractivity contribution in [1.82, 2.24) is 63.1 Å². The van der Waals surface area contributed by atoms with Crippen molar-refractivity contribution in [2.45, 2.75) is 212 Å². The molecule has 25 N–H and O–H groups in total. The summed E-state index contributed by atoms with van der Waals surface area (Å²) in [5.74, 6) is -14.0. The van der Waals surface area contributed by atoms with E-state index in [9.17, 15) is 72.5 Å². The number of aliphatic imine (C=N–C) groups is 1. The van der Waals surface area contributed by atoms with Crippen LogP contribution in [0.1, 0.15) is 145 Å². The number of hydrogen-bond donors (Lipinski definition) is 19. The van der Waals surface area contributed by atoms with Gasteiger partial charge in [-0.05, 0) is 94.9 Å². The quantitative estimate of drug-likeness (QED) is 0.0165. The highest BCUT2D eigenvalue weighted by atomic mass is 16.4. The first-order valence-electron chi connectivity index (χ1n) is 30.6. The monoisotopic (exact) mass is 1290 g/mol. The van der Waals surface area contributed by atoms with E-state index in [1.54, 1.807) is 41.5 Å². The zero-order valence-corrected chi connectivity index (χ0v) is 53.7. The highest BCUT2D eigenvalue weighted by Gasteiger charge is 2.38. The average molecular weight is 1290 g/mol. The van der Waals surface area contributed by atoms with Gasteiger partial charge < -0.3 is 103 Å². The van der Waals surface area contributed by atoms with E-state index in [0.29, 0.717) is 18.5 Å². The molecule has 0 spiro atoms. The first kappa shape index (κ1) is 80.5. The van der Waals surface area contributed by atoms with Gasteiger partial charge in [0.2, 0.25) is 70.9 Å². The van der Waals surface area contributed by atoms with Crippen molar-refractivity contribution in [3.8, 4) is 0 Å². The predicted molar refractivity (Wildman–Crippen MR) is 333 cm³/mol. The largest absolute Gasteiger partial charge is 0.481 e. The van der Waals surface area contributed by atoms with Crippen LogP contribution in [0, 0.1) is 23.7 Å². The van der Waals surface area contributed by atoms with Gasteiger partial charge in [0.25, 0.3) is 0 Å². The Balaban J connectivity index is 3.65. The number of nitrogens with zero attached hydrogens (tertiary/aromatic N) is 2. The van der Waals surface area contributed by atoms with Gasteiger partial charge in [0.05, 0.1) is 25.4 Å². The lowest BCUT2D eigenvalue weighted by Crippen LogP contribution is -2.61. The van der Waals surface area contributed by atoms with Crippen LogP contribution >= 0.6 is 0 Å². The van der Waals surface area contributed by atoms with Crippen LogP contribution in [-0.2, 0) is 68.7 Å². The summed E-state index contributed by atoms with van der Waals surface area (Å²) in [5.41, 5.74) is 34.0. The van der Waals surface area contributed by atoms with Gasteiger partial charge in [-0.3, -0.25) is 67.3 Å². The molecule has 12 amide bonds. The van der Waals surface area contributed by atoms with E-state index in [1.807, 2.05) is 13.8 Å². The SMILES string of the molecule is CC[C@H](C)[C@H](NC(=O)[C@H](CCC(=O)O)NC(=O)[C@H](CC(C)C)NC(=O)[C@H](CC(C)C)NC(=O)[C@H](CCCCN)NC(=O)[C@H](CCCN=C(N)N)NC(=O)[C@@H](CC(N)=O)NC(=O)[C@H](CO)NC(=O)[C@H](Cc1cnc[nH]1)NC(=O)[C@@H](C)N)C(=O)N[C@H](CC(C)C)C(N)=O. The topological polar surface area (TPSA) is 580 Å². The molecule has 0 saturated heterocycles. The molecule has 0 saturated carbocycles. The number of rotatable bonds is 45. The van der Waals surface area contributed by atoms with Crippen molar-refractivity contribution in [3.63, 3.8) is 0 Å². The molecule has 1 rings (SSSR count). The Morgan fingerprint density at radius 1 is 0.527 bits per heavy atom. The minimum absolute atomic E-state index is 0.0186. The molecule has 514 valence electrons. The Kier molecular flexibility index (Phi) is 36.9. The second kappa shape index (κ2) is 41.7. The Morgan fingerprint density at radius 2 is 0.945 bits per heavy atom. The standard InChI is InChI=1S/C57H101N19O15/c1-10-31(8)45(56(91)70-37(46(61)81)20-28(2)3)76-50(85)36(16-17-44(79)80)69-51(86)38(21-29(4)5)73-52(87)39(22-30(6)7)72-49(84)34(14-11-12-18-58)67-48(83)35(15-13-19-65-57(62)63)68-54(89)41(24-43(60)78)74-55(90)42(26-77)75-53(88)40(71-47(82)32(9)59)23-33-25-64-27-66-33/h25,27-32,34-42,45,77H,10-24,26,58-59H2,1-9H3,(H2,60,78)(H2,61,81)(H,64,66)(H,67,83)(H,68,89)(H,69,86)(H,70,91)(H,71,82)(H,72,84)(H,73,87)(H,74,90)(H,75,88)(H,76,85)(H,79,80)(H4,62,63,65)/t31-,32+,34-,35-,36-,37+,38-,39-,40-,41+,42-,45-/m0/s1. The minimum Gasteiger partial charge on any atom is -0.481 e. The fourth-order valence-electron chi connectivity index (χ4n) is 9.05. The number of aromatic nitrogens is 2. The second-order valence-electron chi connectivity index (χ2n) is 23.8. The van der Waals surface area contributed by atoms with Gasteiger partial charge in [-0.2, -0.15) is 0 Å². The van der Waals surface area contributed by atoms with Gasteiger partial charge in [-0.25, -0.2) is 4.98 Å². The summed E-state index contributed by atoms with van der Waals surface area (Å²) >= 11 is 0. The van der Waals surface area contributed by atoms with Gasteiger partial charge in [-0.15, -0.1) is 0 Å². The van der Waals surface area contributed by atoms with Crippen LogP contribution < -0.4 is 87.6 Å². The zero-order valence-electron chi connectivity index (χ0n) is 53.7. The highest BCUT2D eigenvalue weighted by Crippen LogP contribution is 2.15. The van der Waals surface area contributed by atoms with E-state index in [1.165, 1.54) is 19.4 Å². The molecule has 34 nitrogen and oxygen atoms in total. The molecule has 91 heavy (non-hydrogen) atoms. The van der Waals surface area contributed by atoms with E-state index < -0.39 is 175 Å². The van der Waals surface area contributed by atoms with Crippen molar-refractivity contribution >= 4 is 82.8 Å². The molecule has 12 atom stereocenters. The number of aromatic amines is 1. The summed E-state index contributed by atoms with van der Waals surface area (Å²) in [6.07, 6.45) is 1.44. The molecule has 0 unspecified atom stereocenters. The van der Waals surface area contributed by atoms with Crippen molar-refractivity contribution < 1.29 is 72.5 Å². The molecule has 1 aromatic heterocycles. The number of carbonyl (C=O) groups is 13. The summed E-state index contributed by atoms with van der Waals surface area (Å²) in [6, 6.07) is -15.7. The summed E-state index contributed by atoms with van der Waals surface area (Å²) in [5, 5.41) is 45.1. The summed E-state index contributed by atoms with van der Waals surface area (Å²) in [7, 11) is 0.